The third-order valence-electron chi connectivity index (χ3n) is 4.35. The molecule has 9 heteroatoms. The number of hydrogen-bond donors (Lipinski definition) is 2. The topological polar surface area (TPSA) is 97.5 Å². The zero-order chi connectivity index (χ0) is 21.2. The predicted octanol–water partition coefficient (Wildman–Crippen LogP) is 3.75. The summed E-state index contributed by atoms with van der Waals surface area (Å²) in [7, 11) is 1.74. The van der Waals surface area contributed by atoms with Gasteiger partial charge in [0.1, 0.15) is 11.4 Å². The Hall–Kier alpha value is -2.69. The fraction of sp³-hybridized carbons (Fsp3) is 0.364. The Bertz CT molecular complexity index is 962. The monoisotopic (exact) mass is 536 g/mol. The molecule has 0 saturated carbocycles. The molecule has 166 valence electrons. The lowest BCUT2D eigenvalue weighted by Crippen LogP contribution is -2.38. The summed E-state index contributed by atoms with van der Waals surface area (Å²) in [4.78, 5) is 12.9. The van der Waals surface area contributed by atoms with E-state index in [0.29, 0.717) is 49.5 Å². The molecule has 31 heavy (non-hydrogen) atoms. The fourth-order valence-corrected chi connectivity index (χ4v) is 2.80. The summed E-state index contributed by atoms with van der Waals surface area (Å²) >= 11 is 0. The van der Waals surface area contributed by atoms with Crippen LogP contribution in [0.5, 0.6) is 5.75 Å². The molecule has 0 aliphatic carbocycles. The molecule has 3 rings (SSSR count). The SMILES string of the molecule is CCCOc1cc(C)ccc1CNC(=NC)NCCc1noc(-c2ccccn2)n1.I. The minimum absolute atomic E-state index is 0. The van der Waals surface area contributed by atoms with Crippen molar-refractivity contribution in [1.29, 1.82) is 0 Å². The fourth-order valence-electron chi connectivity index (χ4n) is 2.80. The second-order valence-corrected chi connectivity index (χ2v) is 6.79. The van der Waals surface area contributed by atoms with Crippen molar-refractivity contribution in [2.75, 3.05) is 20.2 Å². The molecule has 0 unspecified atom stereocenters. The largest absolute Gasteiger partial charge is 0.493 e. The van der Waals surface area contributed by atoms with E-state index in [4.69, 9.17) is 9.26 Å². The average molecular weight is 536 g/mol. The summed E-state index contributed by atoms with van der Waals surface area (Å²) in [6, 6.07) is 11.8. The maximum atomic E-state index is 5.88. The molecule has 2 aromatic heterocycles. The Morgan fingerprint density at radius 3 is 2.81 bits per heavy atom. The molecule has 1 aromatic carbocycles. The zero-order valence-electron chi connectivity index (χ0n) is 18.1. The van der Waals surface area contributed by atoms with Gasteiger partial charge in [-0.05, 0) is 37.1 Å². The van der Waals surface area contributed by atoms with E-state index >= 15 is 0 Å². The number of aromatic nitrogens is 3. The number of nitrogens with zero attached hydrogens (tertiary/aromatic N) is 4. The second-order valence-electron chi connectivity index (χ2n) is 6.79. The molecule has 0 saturated heterocycles. The van der Waals surface area contributed by atoms with Crippen molar-refractivity contribution in [3.63, 3.8) is 0 Å². The van der Waals surface area contributed by atoms with Gasteiger partial charge in [0.2, 0.25) is 0 Å². The lowest BCUT2D eigenvalue weighted by molar-refractivity contribution is 0.313. The van der Waals surface area contributed by atoms with Crippen LogP contribution >= 0.6 is 24.0 Å². The third-order valence-corrected chi connectivity index (χ3v) is 4.35. The molecule has 0 aliphatic rings. The van der Waals surface area contributed by atoms with Crippen LogP contribution in [0.25, 0.3) is 11.6 Å². The number of nitrogens with one attached hydrogen (secondary N) is 2. The average Bonchev–Trinajstić information content (AvgIpc) is 3.25. The lowest BCUT2D eigenvalue weighted by atomic mass is 10.1. The van der Waals surface area contributed by atoms with E-state index in [0.717, 1.165) is 17.7 Å². The molecule has 3 aromatic rings. The Kier molecular flexibility index (Phi) is 10.2. The van der Waals surface area contributed by atoms with Crippen LogP contribution in [-0.2, 0) is 13.0 Å². The van der Waals surface area contributed by atoms with Crippen molar-refractivity contribution in [1.82, 2.24) is 25.8 Å². The van der Waals surface area contributed by atoms with E-state index < -0.39 is 0 Å². The smallest absolute Gasteiger partial charge is 0.276 e. The highest BCUT2D eigenvalue weighted by atomic mass is 127. The van der Waals surface area contributed by atoms with Gasteiger partial charge in [0.05, 0.1) is 6.61 Å². The van der Waals surface area contributed by atoms with Gasteiger partial charge in [-0.15, -0.1) is 24.0 Å². The van der Waals surface area contributed by atoms with E-state index in [9.17, 15) is 0 Å². The standard InChI is InChI=1S/C22H28N6O2.HI/c1-4-13-29-19-14-16(2)8-9-17(19)15-26-22(23-3)25-12-10-20-27-21(30-28-20)18-7-5-6-11-24-18;/h5-9,11,14H,4,10,12-13,15H2,1-3H3,(H2,23,25,26);1H. The number of hydrogen-bond acceptors (Lipinski definition) is 6. The normalized spacial score (nSPS) is 11.0. The molecule has 0 spiro atoms. The van der Waals surface area contributed by atoms with E-state index in [1.807, 2.05) is 18.2 Å². The third kappa shape index (κ3) is 7.50. The van der Waals surface area contributed by atoms with E-state index in [2.05, 4.69) is 62.8 Å². The van der Waals surface area contributed by atoms with Gasteiger partial charge in [0.25, 0.3) is 5.89 Å². The van der Waals surface area contributed by atoms with E-state index in [1.54, 1.807) is 13.2 Å². The minimum atomic E-state index is 0. The highest BCUT2D eigenvalue weighted by molar-refractivity contribution is 14.0. The molecule has 0 fully saturated rings. The first-order valence-corrected chi connectivity index (χ1v) is 10.1. The first-order chi connectivity index (χ1) is 14.7. The summed E-state index contributed by atoms with van der Waals surface area (Å²) in [5.41, 5.74) is 2.94. The van der Waals surface area contributed by atoms with E-state index in [1.165, 1.54) is 5.56 Å². The van der Waals surface area contributed by atoms with Crippen LogP contribution in [0.3, 0.4) is 0 Å². The highest BCUT2D eigenvalue weighted by Gasteiger charge is 2.10. The quantitative estimate of drug-likeness (QED) is 0.244. The van der Waals surface area contributed by atoms with Crippen molar-refractivity contribution in [2.45, 2.75) is 33.2 Å². The van der Waals surface area contributed by atoms with Gasteiger partial charge in [-0.3, -0.25) is 9.98 Å². The first kappa shape index (κ1) is 24.6. The molecule has 0 amide bonds. The number of aryl methyl sites for hydroxylation is 1. The number of rotatable bonds is 9. The van der Waals surface area contributed by atoms with Gasteiger partial charge in [-0.1, -0.05) is 30.3 Å². The molecular formula is C22H29IN6O2. The molecular weight excluding hydrogens is 507 g/mol. The molecule has 0 atom stereocenters. The van der Waals surface area contributed by atoms with Crippen molar-refractivity contribution in [2.24, 2.45) is 4.99 Å². The maximum absolute atomic E-state index is 5.88. The predicted molar refractivity (Wildman–Crippen MR) is 132 cm³/mol. The van der Waals surface area contributed by atoms with Crippen molar-refractivity contribution in [3.8, 4) is 17.3 Å². The number of guanidine groups is 1. The Morgan fingerprint density at radius 1 is 1.19 bits per heavy atom. The Balaban J connectivity index is 0.00000341. The minimum Gasteiger partial charge on any atom is -0.493 e. The Labute approximate surface area is 199 Å². The van der Waals surface area contributed by atoms with Crippen molar-refractivity contribution in [3.05, 3.63) is 59.5 Å². The van der Waals surface area contributed by atoms with Crippen LogP contribution in [0.15, 0.2) is 52.1 Å². The molecule has 0 radical (unpaired) electrons. The van der Waals surface area contributed by atoms with Gasteiger partial charge >= 0.3 is 0 Å². The van der Waals surface area contributed by atoms with Crippen molar-refractivity contribution < 1.29 is 9.26 Å². The molecule has 2 heterocycles. The number of pyridine rings is 1. The van der Waals surface area contributed by atoms with Gasteiger partial charge in [-0.2, -0.15) is 4.98 Å². The molecule has 8 nitrogen and oxygen atoms in total. The summed E-state index contributed by atoms with van der Waals surface area (Å²) in [5, 5.41) is 10.6. The van der Waals surface area contributed by atoms with Gasteiger partial charge in [0, 0.05) is 38.3 Å². The van der Waals surface area contributed by atoms with Crippen LogP contribution in [-0.4, -0.2) is 41.3 Å². The van der Waals surface area contributed by atoms with Crippen LogP contribution in [0.2, 0.25) is 0 Å². The number of ether oxygens (including phenoxy) is 1. The molecule has 2 N–H and O–H groups in total. The first-order valence-electron chi connectivity index (χ1n) is 10.1. The van der Waals surface area contributed by atoms with Gasteiger partial charge < -0.3 is 19.9 Å². The number of halogens is 1. The van der Waals surface area contributed by atoms with Gasteiger partial charge in [0.15, 0.2) is 11.8 Å². The molecule has 0 aliphatic heterocycles. The van der Waals surface area contributed by atoms with Gasteiger partial charge in [-0.25, -0.2) is 0 Å². The molecule has 0 bridgehead atoms. The summed E-state index contributed by atoms with van der Waals surface area (Å²) in [5.74, 6) is 2.65. The van der Waals surface area contributed by atoms with Crippen molar-refractivity contribution >= 4 is 29.9 Å². The number of aliphatic imine (C=N–C) groups is 1. The second kappa shape index (κ2) is 12.9. The van der Waals surface area contributed by atoms with Crippen LogP contribution in [0.1, 0.15) is 30.3 Å². The highest BCUT2D eigenvalue weighted by Crippen LogP contribution is 2.20. The van der Waals surface area contributed by atoms with Crippen LogP contribution in [0, 0.1) is 6.92 Å². The lowest BCUT2D eigenvalue weighted by Gasteiger charge is -2.15. The summed E-state index contributed by atoms with van der Waals surface area (Å²) in [6.45, 7) is 6.10. The maximum Gasteiger partial charge on any atom is 0.276 e. The summed E-state index contributed by atoms with van der Waals surface area (Å²) in [6.07, 6.45) is 3.28. The zero-order valence-corrected chi connectivity index (χ0v) is 20.4. The number of benzene rings is 1. The van der Waals surface area contributed by atoms with E-state index in [-0.39, 0.29) is 24.0 Å². The Morgan fingerprint density at radius 2 is 2.06 bits per heavy atom. The van der Waals surface area contributed by atoms with Crippen LogP contribution < -0.4 is 15.4 Å². The summed E-state index contributed by atoms with van der Waals surface area (Å²) < 4.78 is 11.2. The van der Waals surface area contributed by atoms with Crippen LogP contribution in [0.4, 0.5) is 0 Å².